The smallest absolute Gasteiger partial charge is 0.226 e. The number of aromatic nitrogens is 2. The minimum Gasteiger partial charge on any atom is -0.497 e. The number of aryl methyl sites for hydroxylation is 2. The van der Waals surface area contributed by atoms with E-state index in [1.807, 2.05) is 51.6 Å². The average Bonchev–Trinajstić information content (AvgIpc) is 3.50. The van der Waals surface area contributed by atoms with Crippen molar-refractivity contribution in [3.05, 3.63) is 53.2 Å². The molecular formula is C25H30N4O4S. The van der Waals surface area contributed by atoms with Crippen LogP contribution in [0.4, 0.5) is 0 Å². The lowest BCUT2D eigenvalue weighted by Crippen LogP contribution is -2.37. The van der Waals surface area contributed by atoms with E-state index in [2.05, 4.69) is 10.1 Å². The second kappa shape index (κ2) is 11.8. The number of thiophene rings is 1. The van der Waals surface area contributed by atoms with Crippen LogP contribution in [0.1, 0.15) is 37.1 Å². The summed E-state index contributed by atoms with van der Waals surface area (Å²) in [6.45, 7) is 2.54. The number of carbonyl (C=O) groups excluding carboxylic acids is 2. The van der Waals surface area contributed by atoms with Crippen LogP contribution in [0.2, 0.25) is 0 Å². The molecule has 1 aromatic carbocycles. The van der Waals surface area contributed by atoms with Crippen molar-refractivity contribution in [3.8, 4) is 16.5 Å². The molecule has 3 aromatic rings. The van der Waals surface area contributed by atoms with Gasteiger partial charge in [0.15, 0.2) is 0 Å². The van der Waals surface area contributed by atoms with E-state index in [-0.39, 0.29) is 11.8 Å². The van der Waals surface area contributed by atoms with Gasteiger partial charge in [-0.05, 0) is 48.4 Å². The first-order valence-electron chi connectivity index (χ1n) is 11.7. The third-order valence-electron chi connectivity index (χ3n) is 5.98. The van der Waals surface area contributed by atoms with Crippen molar-refractivity contribution in [2.75, 3.05) is 33.3 Å². The summed E-state index contributed by atoms with van der Waals surface area (Å²) < 4.78 is 10.5. The van der Waals surface area contributed by atoms with Crippen molar-refractivity contribution in [3.63, 3.8) is 0 Å². The molecule has 0 spiro atoms. The molecule has 0 aliphatic carbocycles. The van der Waals surface area contributed by atoms with Crippen LogP contribution in [-0.2, 0) is 22.4 Å². The number of carbonyl (C=O) groups is 2. The molecule has 4 rings (SSSR count). The summed E-state index contributed by atoms with van der Waals surface area (Å²) in [5.41, 5.74) is 1.12. The van der Waals surface area contributed by atoms with Gasteiger partial charge in [0.1, 0.15) is 5.75 Å². The van der Waals surface area contributed by atoms with Gasteiger partial charge < -0.3 is 19.1 Å². The minimum atomic E-state index is 0.116. The zero-order valence-electron chi connectivity index (χ0n) is 19.4. The molecule has 0 radical (unpaired) electrons. The Hall–Kier alpha value is -3.20. The van der Waals surface area contributed by atoms with E-state index in [1.54, 1.807) is 18.4 Å². The van der Waals surface area contributed by atoms with Crippen molar-refractivity contribution < 1.29 is 18.8 Å². The Balaban J connectivity index is 1.18. The quantitative estimate of drug-likeness (QED) is 0.461. The monoisotopic (exact) mass is 482 g/mol. The molecule has 0 atom stereocenters. The molecule has 1 fully saturated rings. The Kier molecular flexibility index (Phi) is 8.30. The van der Waals surface area contributed by atoms with Gasteiger partial charge in [-0.1, -0.05) is 23.4 Å². The standard InChI is InChI=1S/C25H30N4O4S/c1-32-20-11-8-19(9-12-20)10-13-24(31)29-15-4-14-28(16-17-29)23(30)7-2-6-22-26-25(27-33-22)21-5-3-18-34-21/h3,5,8-9,11-12,18H,2,4,6-7,10,13-17H2,1H3. The maximum absolute atomic E-state index is 12.7. The van der Waals surface area contributed by atoms with Crippen LogP contribution < -0.4 is 4.74 Å². The topological polar surface area (TPSA) is 88.8 Å². The van der Waals surface area contributed by atoms with E-state index >= 15 is 0 Å². The third-order valence-corrected chi connectivity index (χ3v) is 6.84. The van der Waals surface area contributed by atoms with Gasteiger partial charge in [0.25, 0.3) is 0 Å². The van der Waals surface area contributed by atoms with Crippen molar-refractivity contribution in [1.29, 1.82) is 0 Å². The molecule has 0 saturated carbocycles. The Labute approximate surface area is 203 Å². The Morgan fingerprint density at radius 3 is 2.41 bits per heavy atom. The summed E-state index contributed by atoms with van der Waals surface area (Å²) >= 11 is 1.57. The second-order valence-corrected chi connectivity index (χ2v) is 9.25. The highest BCUT2D eigenvalue weighted by molar-refractivity contribution is 7.13. The van der Waals surface area contributed by atoms with Gasteiger partial charge in [0.2, 0.25) is 23.5 Å². The first kappa shape index (κ1) is 23.9. The van der Waals surface area contributed by atoms with Gasteiger partial charge >= 0.3 is 0 Å². The van der Waals surface area contributed by atoms with Crippen LogP contribution in [0.3, 0.4) is 0 Å². The second-order valence-electron chi connectivity index (χ2n) is 8.31. The molecule has 180 valence electrons. The molecule has 0 bridgehead atoms. The highest BCUT2D eigenvalue weighted by Crippen LogP contribution is 2.21. The van der Waals surface area contributed by atoms with Gasteiger partial charge in [-0.15, -0.1) is 11.3 Å². The third kappa shape index (κ3) is 6.44. The first-order valence-corrected chi connectivity index (χ1v) is 12.6. The molecule has 8 nitrogen and oxygen atoms in total. The summed E-state index contributed by atoms with van der Waals surface area (Å²) in [6, 6.07) is 11.7. The van der Waals surface area contributed by atoms with E-state index < -0.39 is 0 Å². The van der Waals surface area contributed by atoms with Crippen LogP contribution in [0.25, 0.3) is 10.7 Å². The Morgan fingerprint density at radius 1 is 1.00 bits per heavy atom. The molecule has 1 aliphatic heterocycles. The predicted octanol–water partition coefficient (Wildman–Crippen LogP) is 3.82. The number of amides is 2. The summed E-state index contributed by atoms with van der Waals surface area (Å²) in [5, 5.41) is 5.98. The number of benzene rings is 1. The maximum Gasteiger partial charge on any atom is 0.226 e. The predicted molar refractivity (Wildman–Crippen MR) is 130 cm³/mol. The number of hydrogen-bond donors (Lipinski definition) is 0. The van der Waals surface area contributed by atoms with Crippen molar-refractivity contribution in [2.45, 2.75) is 38.5 Å². The summed E-state index contributed by atoms with van der Waals surface area (Å²) in [6.07, 6.45) is 3.64. The van der Waals surface area contributed by atoms with Gasteiger partial charge in [-0.2, -0.15) is 4.98 Å². The molecule has 9 heteroatoms. The Bertz CT molecular complexity index is 1070. The summed E-state index contributed by atoms with van der Waals surface area (Å²) in [7, 11) is 1.64. The van der Waals surface area contributed by atoms with Crippen LogP contribution in [0.15, 0.2) is 46.3 Å². The van der Waals surface area contributed by atoms with Gasteiger partial charge in [-0.3, -0.25) is 9.59 Å². The minimum absolute atomic E-state index is 0.116. The maximum atomic E-state index is 12.7. The number of rotatable bonds is 9. The molecular weight excluding hydrogens is 452 g/mol. The lowest BCUT2D eigenvalue weighted by Gasteiger charge is -2.22. The number of ether oxygens (including phenoxy) is 1. The van der Waals surface area contributed by atoms with Gasteiger partial charge in [-0.25, -0.2) is 0 Å². The molecule has 0 N–H and O–H groups in total. The van der Waals surface area contributed by atoms with Crippen molar-refractivity contribution in [2.24, 2.45) is 0 Å². The summed E-state index contributed by atoms with van der Waals surface area (Å²) in [4.78, 5) is 34.6. The number of methoxy groups -OCH3 is 1. The largest absolute Gasteiger partial charge is 0.497 e. The molecule has 1 aliphatic rings. The zero-order chi connectivity index (χ0) is 23.8. The SMILES string of the molecule is COc1ccc(CCC(=O)N2CCCN(C(=O)CCCc3nc(-c4cccs4)no3)CC2)cc1. The molecule has 1 saturated heterocycles. The molecule has 2 amide bonds. The van der Waals surface area contributed by atoms with E-state index in [0.717, 1.165) is 22.6 Å². The Morgan fingerprint density at radius 2 is 1.74 bits per heavy atom. The highest BCUT2D eigenvalue weighted by Gasteiger charge is 2.22. The lowest BCUT2D eigenvalue weighted by molar-refractivity contribution is -0.133. The fraction of sp³-hybridized carbons (Fsp3) is 0.440. The van der Waals surface area contributed by atoms with Crippen LogP contribution in [-0.4, -0.2) is 65.0 Å². The molecule has 0 unspecified atom stereocenters. The molecule has 2 aromatic heterocycles. The van der Waals surface area contributed by atoms with Gasteiger partial charge in [0.05, 0.1) is 12.0 Å². The summed E-state index contributed by atoms with van der Waals surface area (Å²) in [5.74, 6) is 2.22. The fourth-order valence-electron chi connectivity index (χ4n) is 4.03. The lowest BCUT2D eigenvalue weighted by atomic mass is 10.1. The zero-order valence-corrected chi connectivity index (χ0v) is 20.3. The molecule has 34 heavy (non-hydrogen) atoms. The van der Waals surface area contributed by atoms with Crippen molar-refractivity contribution in [1.82, 2.24) is 19.9 Å². The van der Waals surface area contributed by atoms with Crippen molar-refractivity contribution >= 4 is 23.2 Å². The average molecular weight is 483 g/mol. The normalized spacial score (nSPS) is 14.1. The van der Waals surface area contributed by atoms with E-state index in [0.29, 0.717) is 70.0 Å². The van der Waals surface area contributed by atoms with E-state index in [9.17, 15) is 9.59 Å². The number of hydrogen-bond acceptors (Lipinski definition) is 7. The van der Waals surface area contributed by atoms with E-state index in [1.165, 1.54) is 0 Å². The molecule has 3 heterocycles. The number of nitrogens with zero attached hydrogens (tertiary/aromatic N) is 4. The van der Waals surface area contributed by atoms with Crippen LogP contribution >= 0.6 is 11.3 Å². The van der Waals surface area contributed by atoms with E-state index in [4.69, 9.17) is 9.26 Å². The van der Waals surface area contributed by atoms with Crippen LogP contribution in [0.5, 0.6) is 5.75 Å². The fourth-order valence-corrected chi connectivity index (χ4v) is 4.68. The van der Waals surface area contributed by atoms with Gasteiger partial charge in [0, 0.05) is 45.4 Å². The van der Waals surface area contributed by atoms with Crippen LogP contribution in [0, 0.1) is 0 Å². The highest BCUT2D eigenvalue weighted by atomic mass is 32.1. The first-order chi connectivity index (χ1) is 16.6.